The van der Waals surface area contributed by atoms with Gasteiger partial charge in [-0.3, -0.25) is 14.3 Å². The number of likely N-dealkylation sites (tertiary alicyclic amines) is 1. The molecule has 0 N–H and O–H groups in total. The van der Waals surface area contributed by atoms with Gasteiger partial charge in [-0.2, -0.15) is 0 Å². The largest absolute Gasteiger partial charge is 0.493 e. The highest BCUT2D eigenvalue weighted by Crippen LogP contribution is 2.31. The van der Waals surface area contributed by atoms with Gasteiger partial charge < -0.3 is 9.47 Å². The minimum absolute atomic E-state index is 0.110. The number of benzene rings is 1. The third-order valence-electron chi connectivity index (χ3n) is 5.64. The molecule has 0 bridgehead atoms. The molecular weight excluding hydrogens is 422 g/mol. The number of aromatic nitrogens is 2. The second-order valence-electron chi connectivity index (χ2n) is 7.77. The highest BCUT2D eigenvalue weighted by atomic mass is 32.1. The Bertz CT molecular complexity index is 1230. The van der Waals surface area contributed by atoms with E-state index in [-0.39, 0.29) is 5.56 Å². The van der Waals surface area contributed by atoms with E-state index in [1.165, 1.54) is 24.2 Å². The summed E-state index contributed by atoms with van der Waals surface area (Å²) >= 11 is 1.43. The van der Waals surface area contributed by atoms with Gasteiger partial charge in [0, 0.05) is 23.9 Å². The molecule has 3 heterocycles. The van der Waals surface area contributed by atoms with Gasteiger partial charge in [-0.1, -0.05) is 6.08 Å². The summed E-state index contributed by atoms with van der Waals surface area (Å²) in [5.74, 6) is 3.87. The highest BCUT2D eigenvalue weighted by Gasteiger charge is 2.14. The molecule has 0 amide bonds. The molecule has 6 nitrogen and oxygen atoms in total. The molecule has 1 saturated heterocycles. The van der Waals surface area contributed by atoms with Crippen molar-refractivity contribution in [3.8, 4) is 29.5 Å². The first-order valence-electron chi connectivity index (χ1n) is 10.8. The molecular formula is C25H27N3O3S. The number of thiophene rings is 1. The van der Waals surface area contributed by atoms with Crippen LogP contribution < -0.4 is 15.0 Å². The summed E-state index contributed by atoms with van der Waals surface area (Å²) in [4.78, 5) is 21.1. The average Bonchev–Trinajstić information content (AvgIpc) is 3.48. The summed E-state index contributed by atoms with van der Waals surface area (Å²) in [6.45, 7) is 5.78. The van der Waals surface area contributed by atoms with Crippen molar-refractivity contribution in [1.29, 1.82) is 0 Å². The Hall–Kier alpha value is -3.08. The zero-order valence-corrected chi connectivity index (χ0v) is 19.3. The van der Waals surface area contributed by atoms with Crippen LogP contribution >= 0.6 is 11.3 Å². The van der Waals surface area contributed by atoms with Gasteiger partial charge in [0.15, 0.2) is 11.5 Å². The van der Waals surface area contributed by atoms with Crippen LogP contribution in [0.2, 0.25) is 0 Å². The summed E-state index contributed by atoms with van der Waals surface area (Å²) in [7, 11) is 1.60. The van der Waals surface area contributed by atoms with Crippen LogP contribution in [-0.4, -0.2) is 47.8 Å². The predicted octanol–water partition coefficient (Wildman–Crippen LogP) is 4.36. The fourth-order valence-corrected chi connectivity index (χ4v) is 4.86. The molecule has 0 unspecified atom stereocenters. The van der Waals surface area contributed by atoms with Gasteiger partial charge in [-0.05, 0) is 56.6 Å². The fraction of sp³-hybridized carbons (Fsp3) is 0.360. The molecule has 0 spiro atoms. The van der Waals surface area contributed by atoms with Gasteiger partial charge in [0.1, 0.15) is 17.6 Å². The maximum Gasteiger partial charge on any atom is 0.275 e. The lowest BCUT2D eigenvalue weighted by molar-refractivity contribution is 0.230. The van der Waals surface area contributed by atoms with Crippen molar-refractivity contribution < 1.29 is 9.47 Å². The number of allylic oxidation sites excluding steroid dienone is 2. The lowest BCUT2D eigenvalue weighted by atomic mass is 10.2. The molecule has 1 fully saturated rings. The first kappa shape index (κ1) is 22.1. The van der Waals surface area contributed by atoms with Gasteiger partial charge in [0.25, 0.3) is 5.56 Å². The Morgan fingerprint density at radius 1 is 1.28 bits per heavy atom. The summed E-state index contributed by atoms with van der Waals surface area (Å²) in [6.07, 6.45) is 12.0. The number of hydrogen-bond donors (Lipinski definition) is 0. The molecule has 3 aromatic rings. The standard InChI is InChI=1S/C25H27N3O3S/c1-4-5-8-18(2)23-16-20-24(32-23)25(29)28(17-26-20)19-9-10-21(22(15-19)30-3)31-14-13-27-11-6-7-12-27/h1,8-10,15-17H,5-7,11-14H2,2-3H3/b18-8+. The summed E-state index contributed by atoms with van der Waals surface area (Å²) < 4.78 is 13.6. The minimum Gasteiger partial charge on any atom is -0.493 e. The topological polar surface area (TPSA) is 56.6 Å². The van der Waals surface area contributed by atoms with Gasteiger partial charge in [-0.25, -0.2) is 4.98 Å². The van der Waals surface area contributed by atoms with E-state index in [0.29, 0.717) is 40.4 Å². The van der Waals surface area contributed by atoms with E-state index in [4.69, 9.17) is 15.9 Å². The van der Waals surface area contributed by atoms with Crippen LogP contribution in [0, 0.1) is 12.3 Å². The number of hydrogen-bond acceptors (Lipinski definition) is 6. The number of nitrogens with zero attached hydrogens (tertiary/aromatic N) is 3. The second kappa shape index (κ2) is 10.0. The molecule has 0 saturated carbocycles. The Morgan fingerprint density at radius 3 is 2.84 bits per heavy atom. The average molecular weight is 450 g/mol. The van der Waals surface area contributed by atoms with E-state index in [9.17, 15) is 4.79 Å². The lowest BCUT2D eigenvalue weighted by Crippen LogP contribution is -2.25. The van der Waals surface area contributed by atoms with Crippen LogP contribution in [-0.2, 0) is 0 Å². The quantitative estimate of drug-likeness (QED) is 0.479. The zero-order chi connectivity index (χ0) is 22.5. The number of rotatable bonds is 8. The monoisotopic (exact) mass is 449 g/mol. The van der Waals surface area contributed by atoms with Crippen molar-refractivity contribution >= 4 is 27.1 Å². The van der Waals surface area contributed by atoms with Gasteiger partial charge in [0.05, 0.1) is 18.3 Å². The third kappa shape index (κ3) is 4.72. The Labute approximate surface area is 192 Å². The molecule has 32 heavy (non-hydrogen) atoms. The lowest BCUT2D eigenvalue weighted by Gasteiger charge is -2.17. The highest BCUT2D eigenvalue weighted by molar-refractivity contribution is 7.19. The first-order chi connectivity index (χ1) is 15.6. The Balaban J connectivity index is 1.58. The number of terminal acetylenes is 1. The number of fused-ring (bicyclic) bond motifs is 1. The normalized spacial score (nSPS) is 14.6. The smallest absolute Gasteiger partial charge is 0.275 e. The molecule has 0 radical (unpaired) electrons. The molecule has 0 atom stereocenters. The van der Waals surface area contributed by atoms with Crippen LogP contribution in [0.1, 0.15) is 31.1 Å². The van der Waals surface area contributed by atoms with E-state index in [1.54, 1.807) is 18.0 Å². The van der Waals surface area contributed by atoms with Crippen LogP contribution in [0.4, 0.5) is 0 Å². The van der Waals surface area contributed by atoms with Crippen molar-refractivity contribution in [3.63, 3.8) is 0 Å². The maximum absolute atomic E-state index is 13.2. The van der Waals surface area contributed by atoms with Crippen LogP contribution in [0.5, 0.6) is 11.5 Å². The Kier molecular flexibility index (Phi) is 6.93. The summed E-state index contributed by atoms with van der Waals surface area (Å²) in [6, 6.07) is 7.45. The molecule has 7 heteroatoms. The van der Waals surface area contributed by atoms with E-state index < -0.39 is 0 Å². The van der Waals surface area contributed by atoms with Crippen LogP contribution in [0.15, 0.2) is 41.5 Å². The molecule has 166 valence electrons. The Morgan fingerprint density at radius 2 is 2.09 bits per heavy atom. The summed E-state index contributed by atoms with van der Waals surface area (Å²) in [5.41, 5.74) is 2.31. The number of ether oxygens (including phenoxy) is 2. The predicted molar refractivity (Wildman–Crippen MR) is 130 cm³/mol. The van der Waals surface area contributed by atoms with Gasteiger partial charge in [-0.15, -0.1) is 23.7 Å². The van der Waals surface area contributed by atoms with Crippen LogP contribution in [0.3, 0.4) is 0 Å². The van der Waals surface area contributed by atoms with E-state index in [0.717, 1.165) is 30.1 Å². The van der Waals surface area contributed by atoms with E-state index in [1.807, 2.05) is 37.3 Å². The molecule has 2 aromatic heterocycles. The molecule has 4 rings (SSSR count). The van der Waals surface area contributed by atoms with Gasteiger partial charge >= 0.3 is 0 Å². The van der Waals surface area contributed by atoms with Crippen molar-refractivity contribution in [1.82, 2.24) is 14.5 Å². The van der Waals surface area contributed by atoms with Crippen molar-refractivity contribution in [2.75, 3.05) is 33.4 Å². The van der Waals surface area contributed by atoms with Crippen molar-refractivity contribution in [3.05, 3.63) is 51.9 Å². The number of methoxy groups -OCH3 is 1. The molecule has 1 aromatic carbocycles. The second-order valence-corrected chi connectivity index (χ2v) is 8.82. The SMILES string of the molecule is C#CC/C=C(\C)c1cc2ncn(-c3ccc(OCCN4CCCC4)c(OC)c3)c(=O)c2s1. The van der Waals surface area contributed by atoms with E-state index >= 15 is 0 Å². The summed E-state index contributed by atoms with van der Waals surface area (Å²) in [5, 5.41) is 0. The van der Waals surface area contributed by atoms with Gasteiger partial charge in [0.2, 0.25) is 0 Å². The maximum atomic E-state index is 13.2. The van der Waals surface area contributed by atoms with Crippen LogP contribution in [0.25, 0.3) is 21.5 Å². The first-order valence-corrected chi connectivity index (χ1v) is 11.6. The molecule has 1 aliphatic rings. The zero-order valence-electron chi connectivity index (χ0n) is 18.5. The third-order valence-corrected chi connectivity index (χ3v) is 6.89. The molecule has 0 aliphatic carbocycles. The van der Waals surface area contributed by atoms with Crippen molar-refractivity contribution in [2.45, 2.75) is 26.2 Å². The van der Waals surface area contributed by atoms with E-state index in [2.05, 4.69) is 15.8 Å². The fourth-order valence-electron chi connectivity index (χ4n) is 3.82. The minimum atomic E-state index is -0.110. The molecule has 1 aliphatic heterocycles. The van der Waals surface area contributed by atoms with Crippen molar-refractivity contribution in [2.24, 2.45) is 0 Å².